The number of alkyl halides is 3. The van der Waals surface area contributed by atoms with Crippen LogP contribution in [0.15, 0.2) is 0 Å². The maximum atomic E-state index is 11.4. The van der Waals surface area contributed by atoms with Crippen molar-refractivity contribution >= 4 is 0 Å². The fraction of sp³-hybridized carbons (Fsp3) is 1.00. The highest BCUT2D eigenvalue weighted by Gasteiger charge is 2.28. The number of nitrogens with one attached hydrogen (secondary N) is 1. The second kappa shape index (κ2) is 3.03. The van der Waals surface area contributed by atoms with E-state index in [9.17, 15) is 13.2 Å². The van der Waals surface area contributed by atoms with Gasteiger partial charge in [-0.05, 0) is 7.05 Å². The molecule has 0 aliphatic rings. The van der Waals surface area contributed by atoms with E-state index in [4.69, 9.17) is 0 Å². The van der Waals surface area contributed by atoms with Gasteiger partial charge in [-0.2, -0.15) is 13.2 Å². The minimum atomic E-state index is -4.11. The van der Waals surface area contributed by atoms with Gasteiger partial charge >= 0.3 is 6.18 Å². The maximum absolute atomic E-state index is 11.4. The molecule has 0 bridgehead atoms. The number of hydrogen-bond donors (Lipinski definition) is 1. The summed E-state index contributed by atoms with van der Waals surface area (Å²) in [4.78, 5) is 0. The molecule has 0 aromatic rings. The van der Waals surface area contributed by atoms with E-state index in [0.29, 0.717) is 0 Å². The molecule has 0 rings (SSSR count). The Labute approximate surface area is 51.6 Å². The van der Waals surface area contributed by atoms with Gasteiger partial charge in [0, 0.05) is 7.05 Å². The molecule has 0 unspecified atom stereocenters. The topological polar surface area (TPSA) is 15.3 Å². The molecule has 0 fully saturated rings. The number of nitrogens with zero attached hydrogens (tertiary/aromatic N) is 1. The Hall–Kier alpha value is -0.290. The molecular formula is C4H9F3N2. The molecule has 9 heavy (non-hydrogen) atoms. The van der Waals surface area contributed by atoms with Crippen molar-refractivity contribution in [3.63, 3.8) is 0 Å². The third-order valence-corrected chi connectivity index (χ3v) is 0.798. The van der Waals surface area contributed by atoms with E-state index < -0.39 is 12.7 Å². The minimum Gasteiger partial charge on any atom is -0.258 e. The second-order valence-electron chi connectivity index (χ2n) is 1.69. The van der Waals surface area contributed by atoms with E-state index in [-0.39, 0.29) is 0 Å². The molecule has 0 aromatic heterocycles. The maximum Gasteiger partial charge on any atom is 0.402 e. The summed E-state index contributed by atoms with van der Waals surface area (Å²) in [5.41, 5.74) is 2.33. The van der Waals surface area contributed by atoms with Crippen LogP contribution in [0.5, 0.6) is 0 Å². The fourth-order valence-electron chi connectivity index (χ4n) is 0.348. The van der Waals surface area contributed by atoms with Crippen LogP contribution in [0.3, 0.4) is 0 Å². The van der Waals surface area contributed by atoms with Crippen LogP contribution in [0.4, 0.5) is 13.2 Å². The molecule has 56 valence electrons. The summed E-state index contributed by atoms with van der Waals surface area (Å²) in [7, 11) is 2.76. The second-order valence-corrected chi connectivity index (χ2v) is 1.69. The molecule has 0 heterocycles. The van der Waals surface area contributed by atoms with E-state index in [2.05, 4.69) is 5.43 Å². The Balaban J connectivity index is 3.47. The lowest BCUT2D eigenvalue weighted by Gasteiger charge is -2.16. The molecule has 0 saturated heterocycles. The molecular weight excluding hydrogens is 133 g/mol. The Bertz CT molecular complexity index is 80.4. The molecule has 0 aromatic carbocycles. The zero-order valence-electron chi connectivity index (χ0n) is 5.29. The van der Waals surface area contributed by atoms with E-state index in [1.807, 2.05) is 0 Å². The number of hydrazine groups is 1. The third kappa shape index (κ3) is 5.58. The Morgan fingerprint density at radius 1 is 1.44 bits per heavy atom. The lowest BCUT2D eigenvalue weighted by Crippen LogP contribution is -2.38. The monoisotopic (exact) mass is 142 g/mol. The Morgan fingerprint density at radius 2 is 1.89 bits per heavy atom. The highest BCUT2D eigenvalue weighted by molar-refractivity contribution is 4.52. The van der Waals surface area contributed by atoms with E-state index >= 15 is 0 Å². The molecule has 0 amide bonds. The highest BCUT2D eigenvalue weighted by atomic mass is 19.4. The molecule has 5 heteroatoms. The van der Waals surface area contributed by atoms with Crippen molar-refractivity contribution in [1.82, 2.24) is 10.4 Å². The largest absolute Gasteiger partial charge is 0.402 e. The molecule has 0 spiro atoms. The van der Waals surface area contributed by atoms with E-state index in [0.717, 1.165) is 5.01 Å². The van der Waals surface area contributed by atoms with Gasteiger partial charge in [0.05, 0.1) is 0 Å². The molecule has 0 radical (unpaired) electrons. The summed E-state index contributed by atoms with van der Waals surface area (Å²) in [5, 5.41) is 0.958. The summed E-state index contributed by atoms with van der Waals surface area (Å²) in [6.45, 7) is -0.927. The van der Waals surface area contributed by atoms with Crippen molar-refractivity contribution in [2.24, 2.45) is 0 Å². The smallest absolute Gasteiger partial charge is 0.258 e. The van der Waals surface area contributed by atoms with Crippen LogP contribution in [0.2, 0.25) is 0 Å². The number of halogens is 3. The number of rotatable bonds is 2. The summed E-state index contributed by atoms with van der Waals surface area (Å²) in [6, 6.07) is 0. The van der Waals surface area contributed by atoms with Crippen LogP contribution in [0.1, 0.15) is 0 Å². The third-order valence-electron chi connectivity index (χ3n) is 0.798. The van der Waals surface area contributed by atoms with Gasteiger partial charge in [-0.3, -0.25) is 5.43 Å². The van der Waals surface area contributed by atoms with Gasteiger partial charge in [-0.15, -0.1) is 0 Å². The summed E-state index contributed by atoms with van der Waals surface area (Å²) in [5.74, 6) is 0. The predicted octanol–water partition coefficient (Wildman–Crippen LogP) is 0.615. The standard InChI is InChI=1S/C4H9F3N2/c1-8-9(2)3-4(5,6)7/h8H,3H2,1-2H3. The lowest BCUT2D eigenvalue weighted by molar-refractivity contribution is -0.147. The summed E-state index contributed by atoms with van der Waals surface area (Å²) in [6.07, 6.45) is -4.11. The van der Waals surface area contributed by atoms with Crippen molar-refractivity contribution in [2.75, 3.05) is 20.6 Å². The zero-order valence-corrected chi connectivity index (χ0v) is 5.29. The Kier molecular flexibility index (Phi) is 2.93. The molecule has 0 atom stereocenters. The van der Waals surface area contributed by atoms with Crippen LogP contribution in [0.25, 0.3) is 0 Å². The first-order chi connectivity index (χ1) is 3.95. The van der Waals surface area contributed by atoms with Gasteiger partial charge in [0.2, 0.25) is 0 Å². The SMILES string of the molecule is CNN(C)CC(F)(F)F. The van der Waals surface area contributed by atoms with Crippen LogP contribution in [0, 0.1) is 0 Å². The molecule has 0 aliphatic carbocycles. The van der Waals surface area contributed by atoms with Gasteiger partial charge in [-0.1, -0.05) is 0 Å². The Morgan fingerprint density at radius 3 is 2.00 bits per heavy atom. The van der Waals surface area contributed by atoms with Crippen molar-refractivity contribution in [3.8, 4) is 0 Å². The summed E-state index contributed by atoms with van der Waals surface area (Å²) >= 11 is 0. The molecule has 0 aliphatic heterocycles. The van der Waals surface area contributed by atoms with Crippen LogP contribution in [-0.2, 0) is 0 Å². The molecule has 2 nitrogen and oxygen atoms in total. The molecule has 1 N–H and O–H groups in total. The first-order valence-corrected chi connectivity index (χ1v) is 2.41. The molecule has 0 saturated carbocycles. The highest BCUT2D eigenvalue weighted by Crippen LogP contribution is 2.14. The average Bonchev–Trinajstić information content (AvgIpc) is 1.62. The van der Waals surface area contributed by atoms with Gasteiger partial charge in [0.1, 0.15) is 6.54 Å². The van der Waals surface area contributed by atoms with Crippen LogP contribution >= 0.6 is 0 Å². The quantitative estimate of drug-likeness (QED) is 0.568. The van der Waals surface area contributed by atoms with Crippen LogP contribution < -0.4 is 5.43 Å². The first kappa shape index (κ1) is 8.71. The van der Waals surface area contributed by atoms with Crippen molar-refractivity contribution in [3.05, 3.63) is 0 Å². The normalized spacial score (nSPS) is 12.7. The van der Waals surface area contributed by atoms with Crippen molar-refractivity contribution in [1.29, 1.82) is 0 Å². The van der Waals surface area contributed by atoms with Crippen molar-refractivity contribution < 1.29 is 13.2 Å². The average molecular weight is 142 g/mol. The fourth-order valence-corrected chi connectivity index (χ4v) is 0.348. The lowest BCUT2D eigenvalue weighted by atomic mass is 10.6. The van der Waals surface area contributed by atoms with Gasteiger partial charge < -0.3 is 0 Å². The van der Waals surface area contributed by atoms with Gasteiger partial charge in [0.15, 0.2) is 0 Å². The minimum absolute atomic E-state index is 0.927. The van der Waals surface area contributed by atoms with E-state index in [1.54, 1.807) is 0 Å². The van der Waals surface area contributed by atoms with Crippen molar-refractivity contribution in [2.45, 2.75) is 6.18 Å². The van der Waals surface area contributed by atoms with E-state index in [1.165, 1.54) is 14.1 Å². The predicted molar refractivity (Wildman–Crippen MR) is 27.7 cm³/mol. The number of hydrogen-bond acceptors (Lipinski definition) is 2. The summed E-state index contributed by atoms with van der Waals surface area (Å²) < 4.78 is 34.2. The first-order valence-electron chi connectivity index (χ1n) is 2.41. The zero-order chi connectivity index (χ0) is 7.49. The van der Waals surface area contributed by atoms with Crippen LogP contribution in [-0.4, -0.2) is 31.8 Å². The van der Waals surface area contributed by atoms with Gasteiger partial charge in [0.25, 0.3) is 0 Å². The van der Waals surface area contributed by atoms with Gasteiger partial charge in [-0.25, -0.2) is 5.01 Å².